The van der Waals surface area contributed by atoms with E-state index in [1.54, 1.807) is 41.8 Å². The Morgan fingerprint density at radius 1 is 1.03 bits per heavy atom. The number of nitrogens with zero attached hydrogens (tertiary/aromatic N) is 4. The van der Waals surface area contributed by atoms with Crippen molar-refractivity contribution >= 4 is 23.2 Å². The molecule has 2 aromatic rings. The van der Waals surface area contributed by atoms with Crippen LogP contribution in [0.5, 0.6) is 0 Å². The number of carbonyl (C=O) groups is 3. The van der Waals surface area contributed by atoms with Crippen LogP contribution in [0.3, 0.4) is 0 Å². The van der Waals surface area contributed by atoms with Gasteiger partial charge < -0.3 is 20.4 Å². The summed E-state index contributed by atoms with van der Waals surface area (Å²) < 4.78 is 1.72. The van der Waals surface area contributed by atoms with Gasteiger partial charge in [-0.1, -0.05) is 19.3 Å². The van der Waals surface area contributed by atoms with Crippen LogP contribution in [0.4, 0.5) is 0 Å². The molecule has 2 fully saturated rings. The zero-order valence-electron chi connectivity index (χ0n) is 19.5. The molecule has 2 N–H and O–H groups in total. The third kappa shape index (κ3) is 5.19. The minimum Gasteiger partial charge on any atom is -0.343 e. The molecule has 0 radical (unpaired) electrons. The van der Waals surface area contributed by atoms with E-state index < -0.39 is 6.04 Å². The minimum atomic E-state index is -0.500. The average Bonchev–Trinajstić information content (AvgIpc) is 3.34. The highest BCUT2D eigenvalue weighted by molar-refractivity contribution is 5.95. The molecule has 0 bridgehead atoms. The number of piperazine rings is 1. The molecule has 2 aromatic heterocycles. The van der Waals surface area contributed by atoms with E-state index in [0.717, 1.165) is 31.2 Å². The van der Waals surface area contributed by atoms with E-state index in [1.807, 2.05) is 17.0 Å². The van der Waals surface area contributed by atoms with Gasteiger partial charge >= 0.3 is 0 Å². The number of hydrogen-bond donors (Lipinski definition) is 2. The largest absolute Gasteiger partial charge is 0.343 e. The Morgan fingerprint density at radius 3 is 2.42 bits per heavy atom. The van der Waals surface area contributed by atoms with Crippen molar-refractivity contribution < 1.29 is 14.4 Å². The number of carbonyl (C=O) groups excluding carboxylic acids is 3. The van der Waals surface area contributed by atoms with Gasteiger partial charge in [-0.15, -0.1) is 0 Å². The molecule has 4 rings (SSSR count). The van der Waals surface area contributed by atoms with Gasteiger partial charge in [-0.25, -0.2) is 4.52 Å². The van der Waals surface area contributed by atoms with Gasteiger partial charge in [0.2, 0.25) is 11.8 Å². The number of nitrogens with one attached hydrogen (secondary N) is 2. The van der Waals surface area contributed by atoms with Gasteiger partial charge in [0.05, 0.1) is 11.6 Å². The zero-order chi connectivity index (χ0) is 23.4. The predicted octanol–water partition coefficient (Wildman–Crippen LogP) is 1.29. The number of amides is 3. The fourth-order valence-corrected chi connectivity index (χ4v) is 4.82. The van der Waals surface area contributed by atoms with Gasteiger partial charge in [0.1, 0.15) is 6.04 Å². The van der Waals surface area contributed by atoms with Gasteiger partial charge in [0.25, 0.3) is 5.91 Å². The molecule has 9 heteroatoms. The van der Waals surface area contributed by atoms with Crippen LogP contribution < -0.4 is 10.6 Å². The summed E-state index contributed by atoms with van der Waals surface area (Å²) in [7, 11) is 1.74. The Morgan fingerprint density at radius 2 is 1.73 bits per heavy atom. The van der Waals surface area contributed by atoms with E-state index in [0.29, 0.717) is 31.7 Å². The molecule has 1 saturated carbocycles. The van der Waals surface area contributed by atoms with Crippen molar-refractivity contribution in [3.8, 4) is 0 Å². The van der Waals surface area contributed by atoms with Gasteiger partial charge in [-0.3, -0.25) is 14.4 Å². The summed E-state index contributed by atoms with van der Waals surface area (Å²) in [5, 5.41) is 10.1. The molecular weight excluding hydrogens is 420 g/mol. The summed E-state index contributed by atoms with van der Waals surface area (Å²) >= 11 is 0. The first kappa shape index (κ1) is 23.2. The lowest BCUT2D eigenvalue weighted by Gasteiger charge is -2.39. The second-order valence-corrected chi connectivity index (χ2v) is 9.13. The number of pyridine rings is 1. The molecule has 1 aliphatic heterocycles. The maximum absolute atomic E-state index is 13.5. The molecule has 0 unspecified atom stereocenters. The summed E-state index contributed by atoms with van der Waals surface area (Å²) in [6.07, 6.45) is 8.77. The minimum absolute atomic E-state index is 0.0219. The second-order valence-electron chi connectivity index (χ2n) is 9.13. The van der Waals surface area contributed by atoms with Crippen LogP contribution in [-0.2, 0) is 9.59 Å². The predicted molar refractivity (Wildman–Crippen MR) is 125 cm³/mol. The van der Waals surface area contributed by atoms with Crippen molar-refractivity contribution in [3.63, 3.8) is 0 Å². The lowest BCUT2D eigenvalue weighted by molar-refractivity contribution is -0.140. The van der Waals surface area contributed by atoms with E-state index in [-0.39, 0.29) is 29.7 Å². The molecule has 9 nitrogen and oxygen atoms in total. The molecule has 0 aromatic carbocycles. The Balaban J connectivity index is 1.40. The fourth-order valence-electron chi connectivity index (χ4n) is 4.82. The highest BCUT2D eigenvalue weighted by atomic mass is 16.2. The van der Waals surface area contributed by atoms with E-state index in [4.69, 9.17) is 0 Å². The van der Waals surface area contributed by atoms with E-state index in [2.05, 4.69) is 15.7 Å². The Labute approximate surface area is 194 Å². The third-order valence-electron chi connectivity index (χ3n) is 7.04. The Bertz CT molecular complexity index is 991. The van der Waals surface area contributed by atoms with Gasteiger partial charge in [-0.2, -0.15) is 5.10 Å². The smallest absolute Gasteiger partial charge is 0.254 e. The zero-order valence-corrected chi connectivity index (χ0v) is 19.5. The maximum atomic E-state index is 13.5. The van der Waals surface area contributed by atoms with Crippen LogP contribution >= 0.6 is 0 Å². The molecule has 0 spiro atoms. The molecule has 33 heavy (non-hydrogen) atoms. The third-order valence-corrected chi connectivity index (χ3v) is 7.04. The lowest BCUT2D eigenvalue weighted by atomic mass is 9.83. The van der Waals surface area contributed by atoms with Crippen LogP contribution in [0.1, 0.15) is 49.4 Å². The molecule has 178 valence electrons. The fraction of sp³-hybridized carbons (Fsp3) is 0.583. The van der Waals surface area contributed by atoms with Crippen LogP contribution in [0.2, 0.25) is 0 Å². The van der Waals surface area contributed by atoms with Gasteiger partial charge in [0.15, 0.2) is 0 Å². The highest BCUT2D eigenvalue weighted by Gasteiger charge is 2.36. The molecule has 1 saturated heterocycles. The number of fused-ring (bicyclic) bond motifs is 1. The van der Waals surface area contributed by atoms with Crippen LogP contribution in [0.15, 0.2) is 30.6 Å². The average molecular weight is 455 g/mol. The summed E-state index contributed by atoms with van der Waals surface area (Å²) in [5.41, 5.74) is 1.49. The van der Waals surface area contributed by atoms with Crippen molar-refractivity contribution in [1.82, 2.24) is 30.0 Å². The molecule has 2 aliphatic rings. The first-order chi connectivity index (χ1) is 16.0. The molecular formula is C24H34N6O3. The SMILES string of the molecule is CN[C@@H](C)C(=O)N[C@H](C(=O)N1CCN(C(=O)c2ccn3nccc3c2)CC1)C1CCCCC1. The molecule has 3 amide bonds. The van der Waals surface area contributed by atoms with Crippen molar-refractivity contribution in [2.24, 2.45) is 5.92 Å². The first-order valence-corrected chi connectivity index (χ1v) is 12.0. The van der Waals surface area contributed by atoms with Crippen LogP contribution in [0.25, 0.3) is 5.52 Å². The Kier molecular flexibility index (Phi) is 7.27. The first-order valence-electron chi connectivity index (χ1n) is 12.0. The Hall–Kier alpha value is -2.94. The molecule has 1 aliphatic carbocycles. The number of aromatic nitrogens is 2. The number of hydrogen-bond acceptors (Lipinski definition) is 5. The lowest BCUT2D eigenvalue weighted by Crippen LogP contribution is -2.59. The van der Waals surface area contributed by atoms with Gasteiger partial charge in [-0.05, 0) is 50.9 Å². The molecule has 2 atom stereocenters. The van der Waals surface area contributed by atoms with E-state index >= 15 is 0 Å². The van der Waals surface area contributed by atoms with Crippen LogP contribution in [-0.4, -0.2) is 82.4 Å². The van der Waals surface area contributed by atoms with Crippen molar-refractivity contribution in [3.05, 3.63) is 36.2 Å². The second kappa shape index (κ2) is 10.3. The number of rotatable bonds is 6. The van der Waals surface area contributed by atoms with E-state index in [9.17, 15) is 14.4 Å². The highest BCUT2D eigenvalue weighted by Crippen LogP contribution is 2.28. The van der Waals surface area contributed by atoms with Gasteiger partial charge in [0, 0.05) is 44.1 Å². The molecule has 3 heterocycles. The van der Waals surface area contributed by atoms with Crippen molar-refractivity contribution in [1.29, 1.82) is 0 Å². The monoisotopic (exact) mass is 454 g/mol. The summed E-state index contributed by atoms with van der Waals surface area (Å²) in [6, 6.07) is 4.62. The van der Waals surface area contributed by atoms with E-state index in [1.165, 1.54) is 6.42 Å². The topological polar surface area (TPSA) is 99.0 Å². The number of likely N-dealkylation sites (N-methyl/N-ethyl adjacent to an activating group) is 1. The summed E-state index contributed by atoms with van der Waals surface area (Å²) in [6.45, 7) is 3.70. The summed E-state index contributed by atoms with van der Waals surface area (Å²) in [4.78, 5) is 42.7. The normalized spacial score (nSPS) is 19.3. The van der Waals surface area contributed by atoms with Crippen molar-refractivity contribution in [2.45, 2.75) is 51.1 Å². The van der Waals surface area contributed by atoms with Crippen LogP contribution in [0, 0.1) is 5.92 Å². The van der Waals surface area contributed by atoms with Crippen molar-refractivity contribution in [2.75, 3.05) is 33.2 Å². The quantitative estimate of drug-likeness (QED) is 0.685. The summed E-state index contributed by atoms with van der Waals surface area (Å²) in [5.74, 6) is -0.0380. The standard InChI is InChI=1S/C24H34N6O3/c1-17(25-2)22(31)27-21(18-6-4-3-5-7-18)24(33)29-14-12-28(13-15-29)23(32)19-9-11-30-20(16-19)8-10-26-30/h8-11,16-18,21,25H,3-7,12-15H2,1-2H3,(H,27,31)/t17-,21-/m0/s1. The maximum Gasteiger partial charge on any atom is 0.254 e.